The number of ether oxygens (including phenoxy) is 2. The number of hydrogen-bond donors (Lipinski definition) is 1. The third kappa shape index (κ3) is 9.12. The molecule has 0 aliphatic heterocycles. The Morgan fingerprint density at radius 3 is 2.53 bits per heavy atom. The molecule has 0 aromatic rings. The van der Waals surface area contributed by atoms with Crippen molar-refractivity contribution in [2.45, 2.75) is 65.0 Å². The Hall–Kier alpha value is -0.610. The van der Waals surface area contributed by atoms with Gasteiger partial charge in [-0.15, -0.1) is 0 Å². The maximum absolute atomic E-state index is 11.2. The lowest BCUT2D eigenvalue weighted by molar-refractivity contribution is -0.146. The van der Waals surface area contributed by atoms with Crippen molar-refractivity contribution in [1.82, 2.24) is 0 Å². The number of hydrogen-bond acceptors (Lipinski definition) is 4. The number of carbonyl (C=O) groups excluding carboxylic acids is 1. The predicted molar refractivity (Wildman–Crippen MR) is 68.8 cm³/mol. The van der Waals surface area contributed by atoms with Gasteiger partial charge in [-0.1, -0.05) is 32.6 Å². The molecule has 17 heavy (non-hydrogen) atoms. The molecule has 0 radical (unpaired) electrons. The molecule has 4 nitrogen and oxygen atoms in total. The molecule has 2 N–H and O–H groups in total. The van der Waals surface area contributed by atoms with Crippen molar-refractivity contribution >= 4 is 5.97 Å². The van der Waals surface area contributed by atoms with E-state index in [1.54, 1.807) is 6.92 Å². The van der Waals surface area contributed by atoms with Gasteiger partial charge in [-0.2, -0.15) is 0 Å². The summed E-state index contributed by atoms with van der Waals surface area (Å²) in [6.07, 6.45) is 6.11. The van der Waals surface area contributed by atoms with Crippen molar-refractivity contribution in [2.24, 2.45) is 5.73 Å². The van der Waals surface area contributed by atoms with E-state index in [1.165, 1.54) is 25.7 Å². The lowest BCUT2D eigenvalue weighted by Crippen LogP contribution is -2.37. The fourth-order valence-corrected chi connectivity index (χ4v) is 1.53. The zero-order valence-electron chi connectivity index (χ0n) is 11.4. The van der Waals surface area contributed by atoms with Crippen LogP contribution in [0.25, 0.3) is 0 Å². The quantitative estimate of drug-likeness (QED) is 0.473. The molecule has 2 atom stereocenters. The maximum atomic E-state index is 11.2. The summed E-state index contributed by atoms with van der Waals surface area (Å²) in [5.74, 6) is -0.384. The highest BCUT2D eigenvalue weighted by Crippen LogP contribution is 2.08. The SMILES string of the molecule is CCCCCCC(C)OCC(N)C(=O)OCC. The van der Waals surface area contributed by atoms with Crippen LogP contribution in [0.15, 0.2) is 0 Å². The minimum Gasteiger partial charge on any atom is -0.465 e. The van der Waals surface area contributed by atoms with Gasteiger partial charge in [-0.05, 0) is 20.3 Å². The van der Waals surface area contributed by atoms with Gasteiger partial charge < -0.3 is 15.2 Å². The Morgan fingerprint density at radius 2 is 1.94 bits per heavy atom. The van der Waals surface area contributed by atoms with Gasteiger partial charge in [0.1, 0.15) is 6.04 Å². The van der Waals surface area contributed by atoms with Crippen LogP contribution in [0.3, 0.4) is 0 Å². The Bertz CT molecular complexity index is 197. The molecule has 0 spiro atoms. The van der Waals surface area contributed by atoms with E-state index in [-0.39, 0.29) is 18.7 Å². The van der Waals surface area contributed by atoms with Gasteiger partial charge >= 0.3 is 5.97 Å². The van der Waals surface area contributed by atoms with Crippen molar-refractivity contribution in [3.63, 3.8) is 0 Å². The third-order valence-corrected chi connectivity index (χ3v) is 2.61. The van der Waals surface area contributed by atoms with Crippen molar-refractivity contribution in [3.8, 4) is 0 Å². The van der Waals surface area contributed by atoms with E-state index in [9.17, 15) is 4.79 Å². The second kappa shape index (κ2) is 10.5. The van der Waals surface area contributed by atoms with Crippen molar-refractivity contribution in [1.29, 1.82) is 0 Å². The van der Waals surface area contributed by atoms with E-state index in [0.717, 1.165) is 6.42 Å². The molecular formula is C13H27NO3. The van der Waals surface area contributed by atoms with Crippen LogP contribution >= 0.6 is 0 Å². The summed E-state index contributed by atoms with van der Waals surface area (Å²) >= 11 is 0. The monoisotopic (exact) mass is 245 g/mol. The van der Waals surface area contributed by atoms with Crippen LogP contribution in [0.2, 0.25) is 0 Å². The maximum Gasteiger partial charge on any atom is 0.325 e. The third-order valence-electron chi connectivity index (χ3n) is 2.61. The van der Waals surface area contributed by atoms with E-state index >= 15 is 0 Å². The second-order valence-corrected chi connectivity index (χ2v) is 4.35. The van der Waals surface area contributed by atoms with Crippen molar-refractivity contribution in [3.05, 3.63) is 0 Å². The van der Waals surface area contributed by atoms with E-state index in [1.807, 2.05) is 6.92 Å². The first-order valence-electron chi connectivity index (χ1n) is 6.65. The van der Waals surface area contributed by atoms with Crippen molar-refractivity contribution < 1.29 is 14.3 Å². The number of carbonyl (C=O) groups is 1. The zero-order valence-corrected chi connectivity index (χ0v) is 11.4. The summed E-state index contributed by atoms with van der Waals surface area (Å²) < 4.78 is 10.3. The molecule has 0 bridgehead atoms. The Labute approximate surface area is 105 Å². The topological polar surface area (TPSA) is 61.5 Å². The van der Waals surface area contributed by atoms with E-state index < -0.39 is 6.04 Å². The first kappa shape index (κ1) is 16.4. The zero-order chi connectivity index (χ0) is 13.1. The molecule has 0 heterocycles. The van der Waals surface area contributed by atoms with Crippen LogP contribution in [0.1, 0.15) is 52.9 Å². The van der Waals surface area contributed by atoms with Crippen LogP contribution in [0.5, 0.6) is 0 Å². The molecule has 102 valence electrons. The van der Waals surface area contributed by atoms with Gasteiger partial charge in [0.05, 0.1) is 19.3 Å². The summed E-state index contributed by atoms with van der Waals surface area (Å²) in [4.78, 5) is 11.2. The first-order valence-corrected chi connectivity index (χ1v) is 6.65. The van der Waals surface area contributed by atoms with Gasteiger partial charge in [0.25, 0.3) is 0 Å². The number of esters is 1. The van der Waals surface area contributed by atoms with E-state index in [4.69, 9.17) is 15.2 Å². The molecule has 0 aliphatic carbocycles. The Balaban J connectivity index is 3.54. The van der Waals surface area contributed by atoms with Gasteiger partial charge in [0.2, 0.25) is 0 Å². The van der Waals surface area contributed by atoms with Gasteiger partial charge in [-0.25, -0.2) is 0 Å². The van der Waals surface area contributed by atoms with Crippen LogP contribution in [0, 0.1) is 0 Å². The molecule has 0 aliphatic rings. The average Bonchev–Trinajstić information content (AvgIpc) is 2.32. The normalized spacial score (nSPS) is 14.4. The molecule has 2 unspecified atom stereocenters. The lowest BCUT2D eigenvalue weighted by Gasteiger charge is -2.16. The largest absolute Gasteiger partial charge is 0.465 e. The number of nitrogens with two attached hydrogens (primary N) is 1. The van der Waals surface area contributed by atoms with Crippen LogP contribution < -0.4 is 5.73 Å². The fraction of sp³-hybridized carbons (Fsp3) is 0.923. The molecule has 4 heteroatoms. The highest BCUT2D eigenvalue weighted by Gasteiger charge is 2.15. The fourth-order valence-electron chi connectivity index (χ4n) is 1.53. The van der Waals surface area contributed by atoms with Gasteiger partial charge in [0, 0.05) is 0 Å². The Kier molecular flexibility index (Phi) is 10.2. The molecule has 0 saturated heterocycles. The molecule has 0 aromatic heterocycles. The molecular weight excluding hydrogens is 218 g/mol. The highest BCUT2D eigenvalue weighted by atomic mass is 16.5. The summed E-state index contributed by atoms with van der Waals surface area (Å²) in [5.41, 5.74) is 5.63. The summed E-state index contributed by atoms with van der Waals surface area (Å²) in [5, 5.41) is 0. The average molecular weight is 245 g/mol. The Morgan fingerprint density at radius 1 is 1.24 bits per heavy atom. The number of rotatable bonds is 10. The van der Waals surface area contributed by atoms with Gasteiger partial charge in [0.15, 0.2) is 0 Å². The molecule has 0 fully saturated rings. The smallest absolute Gasteiger partial charge is 0.325 e. The second-order valence-electron chi connectivity index (χ2n) is 4.35. The summed E-state index contributed by atoms with van der Waals surface area (Å²) in [6.45, 7) is 6.58. The minimum atomic E-state index is -0.659. The lowest BCUT2D eigenvalue weighted by atomic mass is 10.1. The standard InChI is InChI=1S/C13H27NO3/c1-4-6-7-8-9-11(3)17-10-12(14)13(15)16-5-2/h11-12H,4-10,14H2,1-3H3. The summed E-state index contributed by atoms with van der Waals surface area (Å²) in [7, 11) is 0. The molecule has 0 saturated carbocycles. The van der Waals surface area contributed by atoms with E-state index in [2.05, 4.69) is 6.92 Å². The predicted octanol–water partition coefficient (Wildman–Crippen LogP) is 2.25. The van der Waals surface area contributed by atoms with Crippen LogP contribution in [-0.2, 0) is 14.3 Å². The number of unbranched alkanes of at least 4 members (excludes halogenated alkanes) is 3. The highest BCUT2D eigenvalue weighted by molar-refractivity contribution is 5.75. The van der Waals surface area contributed by atoms with E-state index in [0.29, 0.717) is 6.61 Å². The van der Waals surface area contributed by atoms with Crippen LogP contribution in [0.4, 0.5) is 0 Å². The molecule has 0 amide bonds. The molecule has 0 aromatic carbocycles. The summed E-state index contributed by atoms with van der Waals surface area (Å²) in [6, 6.07) is -0.659. The van der Waals surface area contributed by atoms with Crippen molar-refractivity contribution in [2.75, 3.05) is 13.2 Å². The minimum absolute atomic E-state index is 0.160. The molecule has 0 rings (SSSR count). The first-order chi connectivity index (χ1) is 8.11. The van der Waals surface area contributed by atoms with Crippen LogP contribution in [-0.4, -0.2) is 31.3 Å². The van der Waals surface area contributed by atoms with Gasteiger partial charge in [-0.3, -0.25) is 4.79 Å².